The summed E-state index contributed by atoms with van der Waals surface area (Å²) in [5, 5.41) is 0. The highest BCUT2D eigenvalue weighted by Gasteiger charge is 1.74. The molecule has 0 bridgehead atoms. The topological polar surface area (TPSA) is 18.5 Å². The van der Waals surface area contributed by atoms with Gasteiger partial charge in [-0.05, 0) is 0 Å². The Kier molecular flexibility index (Phi) is 3.63. The van der Waals surface area contributed by atoms with Gasteiger partial charge >= 0.3 is 0 Å². The standard InChI is InChI=1S/C5H5FO2/c1-5(6)3-4-8-7-2/h1H2,2H3. The molecule has 0 aliphatic carbocycles. The summed E-state index contributed by atoms with van der Waals surface area (Å²) in [6, 6.07) is 0. The van der Waals surface area contributed by atoms with E-state index in [2.05, 4.69) is 16.4 Å². The molecule has 0 saturated carbocycles. The third-order valence-corrected chi connectivity index (χ3v) is 0.312. The molecule has 0 atom stereocenters. The minimum atomic E-state index is -0.748. The van der Waals surface area contributed by atoms with Crippen LogP contribution in [0.15, 0.2) is 12.4 Å². The van der Waals surface area contributed by atoms with Crippen molar-refractivity contribution in [2.75, 3.05) is 7.11 Å². The van der Waals surface area contributed by atoms with Crippen LogP contribution in [0.1, 0.15) is 0 Å². The molecular formula is C5H5FO2. The molecule has 0 aromatic heterocycles. The summed E-state index contributed by atoms with van der Waals surface area (Å²) in [7, 11) is 1.27. The van der Waals surface area contributed by atoms with Crippen molar-refractivity contribution >= 4 is 0 Å². The van der Waals surface area contributed by atoms with E-state index >= 15 is 0 Å². The molecule has 0 saturated heterocycles. The van der Waals surface area contributed by atoms with Crippen LogP contribution >= 0.6 is 0 Å². The molecule has 0 heterocycles. The van der Waals surface area contributed by atoms with Crippen LogP contribution in [0.2, 0.25) is 0 Å². The lowest BCUT2D eigenvalue weighted by molar-refractivity contribution is -0.209. The van der Waals surface area contributed by atoms with Crippen molar-refractivity contribution in [3.63, 3.8) is 0 Å². The van der Waals surface area contributed by atoms with Crippen LogP contribution in [0.25, 0.3) is 0 Å². The van der Waals surface area contributed by atoms with Gasteiger partial charge < -0.3 is 0 Å². The average Bonchev–Trinajstić information content (AvgIpc) is 1.66. The van der Waals surface area contributed by atoms with E-state index in [1.54, 1.807) is 0 Å². The van der Waals surface area contributed by atoms with Crippen LogP contribution in [0.4, 0.5) is 4.39 Å². The number of rotatable bonds is 1. The van der Waals surface area contributed by atoms with Crippen molar-refractivity contribution in [3.05, 3.63) is 12.4 Å². The maximum Gasteiger partial charge on any atom is 0.169 e. The summed E-state index contributed by atoms with van der Waals surface area (Å²) in [6.07, 6.45) is 1.89. The first-order valence-corrected chi connectivity index (χ1v) is 1.82. The molecule has 0 aliphatic heterocycles. The first-order chi connectivity index (χ1) is 3.77. The minimum Gasteiger partial charge on any atom is -0.282 e. The van der Waals surface area contributed by atoms with E-state index in [0.29, 0.717) is 0 Å². The van der Waals surface area contributed by atoms with Crippen LogP contribution < -0.4 is 0 Å². The summed E-state index contributed by atoms with van der Waals surface area (Å²) in [5.74, 6) is 1.14. The third-order valence-electron chi connectivity index (χ3n) is 0.312. The van der Waals surface area contributed by atoms with Crippen LogP contribution in [-0.2, 0) is 9.78 Å². The molecule has 3 heteroatoms. The number of allylic oxidation sites excluding steroid dienone is 1. The molecule has 0 unspecified atom stereocenters. The first-order valence-electron chi connectivity index (χ1n) is 1.82. The molecule has 0 aromatic rings. The predicted octanol–water partition coefficient (Wildman–Crippen LogP) is 1.01. The molecule has 0 aromatic carbocycles. The van der Waals surface area contributed by atoms with Crippen LogP contribution in [0.5, 0.6) is 0 Å². The summed E-state index contributed by atoms with van der Waals surface area (Å²) >= 11 is 0. The third kappa shape index (κ3) is 4.99. The second kappa shape index (κ2) is 4.16. The zero-order valence-corrected chi connectivity index (χ0v) is 4.40. The maximum atomic E-state index is 11.5. The van der Waals surface area contributed by atoms with E-state index in [0.717, 1.165) is 0 Å². The zero-order valence-electron chi connectivity index (χ0n) is 4.40. The molecule has 2 nitrogen and oxygen atoms in total. The summed E-state index contributed by atoms with van der Waals surface area (Å²) < 4.78 is 11.5. The van der Waals surface area contributed by atoms with Gasteiger partial charge in [0.2, 0.25) is 0 Å². The smallest absolute Gasteiger partial charge is 0.169 e. The molecule has 0 spiro atoms. The zero-order chi connectivity index (χ0) is 6.41. The fourth-order valence-electron chi connectivity index (χ4n) is 0.118. The first kappa shape index (κ1) is 6.99. The lowest BCUT2D eigenvalue weighted by Gasteiger charge is -1.81. The Labute approximate surface area is 46.8 Å². The fourth-order valence-corrected chi connectivity index (χ4v) is 0.118. The normalized spacial score (nSPS) is 6.75. The van der Waals surface area contributed by atoms with Gasteiger partial charge in [-0.3, -0.25) is 4.89 Å². The Balaban J connectivity index is 3.35. The van der Waals surface area contributed by atoms with Crippen LogP contribution in [0, 0.1) is 12.0 Å². The summed E-state index contributed by atoms with van der Waals surface area (Å²) in [4.78, 5) is 7.99. The second-order valence-electron chi connectivity index (χ2n) is 0.882. The number of hydrogen-bond donors (Lipinski definition) is 0. The van der Waals surface area contributed by atoms with E-state index in [1.807, 2.05) is 12.0 Å². The highest BCUT2D eigenvalue weighted by atomic mass is 19.1. The van der Waals surface area contributed by atoms with Crippen molar-refractivity contribution in [2.24, 2.45) is 0 Å². The van der Waals surface area contributed by atoms with E-state index in [1.165, 1.54) is 7.11 Å². The van der Waals surface area contributed by atoms with Gasteiger partial charge in [-0.15, -0.1) is 0 Å². The Morgan fingerprint density at radius 2 is 2.38 bits per heavy atom. The lowest BCUT2D eigenvalue weighted by atomic mass is 10.6. The fraction of sp³-hybridized carbons (Fsp3) is 0.200. The molecule has 8 heavy (non-hydrogen) atoms. The van der Waals surface area contributed by atoms with Gasteiger partial charge in [0.05, 0.1) is 7.11 Å². The van der Waals surface area contributed by atoms with E-state index < -0.39 is 5.83 Å². The van der Waals surface area contributed by atoms with Crippen molar-refractivity contribution in [1.82, 2.24) is 0 Å². The SMILES string of the molecule is C=C(F)C#COOC. The van der Waals surface area contributed by atoms with Gasteiger partial charge in [0.25, 0.3) is 0 Å². The Morgan fingerprint density at radius 3 is 2.75 bits per heavy atom. The molecule has 0 fully saturated rings. The van der Waals surface area contributed by atoms with Crippen LogP contribution in [0.3, 0.4) is 0 Å². The molecule has 44 valence electrons. The quantitative estimate of drug-likeness (QED) is 0.289. The van der Waals surface area contributed by atoms with Gasteiger partial charge in [-0.25, -0.2) is 0 Å². The molecule has 0 aliphatic rings. The van der Waals surface area contributed by atoms with E-state index in [9.17, 15) is 4.39 Å². The lowest BCUT2D eigenvalue weighted by Crippen LogP contribution is -1.75. The minimum absolute atomic E-state index is 0.748. The molecule has 0 N–H and O–H groups in total. The van der Waals surface area contributed by atoms with Gasteiger partial charge in [-0.1, -0.05) is 6.58 Å². The molecule has 0 radical (unpaired) electrons. The van der Waals surface area contributed by atoms with Gasteiger partial charge in [0, 0.05) is 5.92 Å². The Hall–Kier alpha value is -1.01. The molecule has 0 rings (SSSR count). The maximum absolute atomic E-state index is 11.5. The van der Waals surface area contributed by atoms with Crippen molar-refractivity contribution in [2.45, 2.75) is 0 Å². The van der Waals surface area contributed by atoms with Gasteiger partial charge in [-0.2, -0.15) is 9.28 Å². The average molecular weight is 116 g/mol. The second-order valence-corrected chi connectivity index (χ2v) is 0.882. The summed E-state index contributed by atoms with van der Waals surface area (Å²) in [5.41, 5.74) is 0. The van der Waals surface area contributed by atoms with Crippen molar-refractivity contribution < 1.29 is 14.2 Å². The largest absolute Gasteiger partial charge is 0.282 e. The Morgan fingerprint density at radius 1 is 1.75 bits per heavy atom. The number of hydrogen-bond acceptors (Lipinski definition) is 2. The van der Waals surface area contributed by atoms with E-state index in [-0.39, 0.29) is 0 Å². The van der Waals surface area contributed by atoms with Gasteiger partial charge in [0.15, 0.2) is 11.9 Å². The van der Waals surface area contributed by atoms with E-state index in [4.69, 9.17) is 0 Å². The predicted molar refractivity (Wildman–Crippen MR) is 26.1 cm³/mol. The Bertz CT molecular complexity index is 131. The van der Waals surface area contributed by atoms with Gasteiger partial charge in [0.1, 0.15) is 0 Å². The van der Waals surface area contributed by atoms with Crippen molar-refractivity contribution in [3.8, 4) is 12.0 Å². The highest BCUT2D eigenvalue weighted by Crippen LogP contribution is 1.83. The summed E-state index contributed by atoms with van der Waals surface area (Å²) in [6.45, 7) is 2.85. The monoisotopic (exact) mass is 116 g/mol. The highest BCUT2D eigenvalue weighted by molar-refractivity contribution is 5.15. The van der Waals surface area contributed by atoms with Crippen molar-refractivity contribution in [1.29, 1.82) is 0 Å². The van der Waals surface area contributed by atoms with Crippen LogP contribution in [-0.4, -0.2) is 7.11 Å². The number of halogens is 1. The molecule has 0 amide bonds. The molecular weight excluding hydrogens is 111 g/mol.